The SMILES string of the molecule is CC(=O)N[C@@H]1[C@@H](O)[C@H](O[C@@H]2O[C@H](CO)[C@@H](O)[C@H](O[C@H]3O[C@H](CO)[C@@H](O)[C@H](O)[C@@H]3O)[C@@H]2O)[C@@H](CO)O[C@H]1O. The minimum atomic E-state index is -1.91. The van der Waals surface area contributed by atoms with Gasteiger partial charge in [0, 0.05) is 6.92 Å². The Balaban J connectivity index is 1.80. The maximum Gasteiger partial charge on any atom is 0.217 e. The fraction of sp³-hybridized carbons (Fsp3) is 0.950. The molecule has 17 nitrogen and oxygen atoms in total. The number of nitrogens with one attached hydrogen (secondary N) is 1. The molecule has 3 heterocycles. The van der Waals surface area contributed by atoms with E-state index in [-0.39, 0.29) is 0 Å². The van der Waals surface area contributed by atoms with Crippen LogP contribution in [0.15, 0.2) is 0 Å². The predicted octanol–water partition coefficient (Wildman–Crippen LogP) is -7.43. The highest BCUT2D eigenvalue weighted by Crippen LogP contribution is 2.32. The van der Waals surface area contributed by atoms with E-state index in [9.17, 15) is 55.9 Å². The molecule has 0 bridgehead atoms. The van der Waals surface area contributed by atoms with E-state index in [1.54, 1.807) is 0 Å². The normalized spacial score (nSPS) is 49.0. The molecule has 0 aromatic carbocycles. The number of hydrogen-bond donors (Lipinski definition) is 11. The third-order valence-electron chi connectivity index (χ3n) is 6.50. The molecule has 0 spiro atoms. The van der Waals surface area contributed by atoms with Crippen LogP contribution >= 0.6 is 0 Å². The summed E-state index contributed by atoms with van der Waals surface area (Å²) < 4.78 is 26.9. The monoisotopic (exact) mass is 545 g/mol. The quantitative estimate of drug-likeness (QED) is 0.135. The van der Waals surface area contributed by atoms with Crippen molar-refractivity contribution < 1.29 is 79.5 Å². The highest BCUT2D eigenvalue weighted by molar-refractivity contribution is 5.73. The van der Waals surface area contributed by atoms with Gasteiger partial charge in [-0.2, -0.15) is 0 Å². The minimum absolute atomic E-state index is 0.627. The predicted molar refractivity (Wildman–Crippen MR) is 113 cm³/mol. The van der Waals surface area contributed by atoms with Crippen LogP contribution in [-0.4, -0.2) is 169 Å². The van der Waals surface area contributed by atoms with Crippen molar-refractivity contribution in [1.82, 2.24) is 5.32 Å². The Bertz CT molecular complexity index is 745. The minimum Gasteiger partial charge on any atom is -0.394 e. The number of carbonyl (C=O) groups excluding carboxylic acids is 1. The lowest BCUT2D eigenvalue weighted by atomic mass is 9.95. The maximum atomic E-state index is 11.5. The molecule has 3 saturated heterocycles. The number of amides is 1. The van der Waals surface area contributed by atoms with Crippen molar-refractivity contribution in [3.63, 3.8) is 0 Å². The summed E-state index contributed by atoms with van der Waals surface area (Å²) in [5.41, 5.74) is 0. The molecule has 37 heavy (non-hydrogen) atoms. The van der Waals surface area contributed by atoms with E-state index in [0.717, 1.165) is 6.92 Å². The smallest absolute Gasteiger partial charge is 0.217 e. The van der Waals surface area contributed by atoms with Crippen molar-refractivity contribution in [3.8, 4) is 0 Å². The van der Waals surface area contributed by atoms with Crippen LogP contribution in [0, 0.1) is 0 Å². The first-order valence-corrected chi connectivity index (χ1v) is 11.6. The van der Waals surface area contributed by atoms with E-state index < -0.39 is 118 Å². The standard InChI is InChI=1S/C20H35NO16/c1-5(25)21-9-12(28)16(8(4-24)33-18(9)32)36-20-15(31)17(11(27)7(3-23)35-20)37-19-14(30)13(29)10(26)6(2-22)34-19/h6-20,22-24,26-32H,2-4H2,1H3,(H,21,25)/t6-,7-,8-,9-,10-,11-,12-,13+,14+,15+,16-,17+,18-,19-,20+/m1/s1. The summed E-state index contributed by atoms with van der Waals surface area (Å²) in [4.78, 5) is 11.5. The largest absolute Gasteiger partial charge is 0.394 e. The van der Waals surface area contributed by atoms with Gasteiger partial charge in [-0.15, -0.1) is 0 Å². The van der Waals surface area contributed by atoms with E-state index in [1.165, 1.54) is 0 Å². The summed E-state index contributed by atoms with van der Waals surface area (Å²) in [6.45, 7) is -1.23. The molecule has 3 aliphatic heterocycles. The van der Waals surface area contributed by atoms with Crippen LogP contribution in [0.3, 0.4) is 0 Å². The molecular weight excluding hydrogens is 510 g/mol. The Morgan fingerprint density at radius 3 is 1.70 bits per heavy atom. The van der Waals surface area contributed by atoms with Gasteiger partial charge in [0.2, 0.25) is 5.91 Å². The molecule has 1 amide bonds. The van der Waals surface area contributed by atoms with E-state index in [2.05, 4.69) is 5.32 Å². The van der Waals surface area contributed by atoms with E-state index in [4.69, 9.17) is 23.7 Å². The van der Waals surface area contributed by atoms with Crippen LogP contribution < -0.4 is 5.32 Å². The number of ether oxygens (including phenoxy) is 5. The molecule has 216 valence electrons. The van der Waals surface area contributed by atoms with Crippen molar-refractivity contribution in [3.05, 3.63) is 0 Å². The first kappa shape index (κ1) is 30.4. The zero-order valence-corrected chi connectivity index (χ0v) is 19.7. The second-order valence-corrected chi connectivity index (χ2v) is 9.07. The first-order chi connectivity index (χ1) is 17.4. The van der Waals surface area contributed by atoms with Gasteiger partial charge in [-0.25, -0.2) is 0 Å². The molecule has 3 rings (SSSR count). The Morgan fingerprint density at radius 2 is 1.16 bits per heavy atom. The molecule has 0 aromatic heterocycles. The van der Waals surface area contributed by atoms with Gasteiger partial charge in [0.15, 0.2) is 18.9 Å². The Morgan fingerprint density at radius 1 is 0.649 bits per heavy atom. The van der Waals surface area contributed by atoms with Gasteiger partial charge in [0.05, 0.1) is 19.8 Å². The molecule has 0 saturated carbocycles. The van der Waals surface area contributed by atoms with Gasteiger partial charge in [0.25, 0.3) is 0 Å². The van der Waals surface area contributed by atoms with Gasteiger partial charge in [-0.3, -0.25) is 4.79 Å². The highest BCUT2D eigenvalue weighted by Gasteiger charge is 2.53. The van der Waals surface area contributed by atoms with Gasteiger partial charge in [-0.1, -0.05) is 0 Å². The zero-order chi connectivity index (χ0) is 27.6. The maximum absolute atomic E-state index is 11.5. The molecule has 11 N–H and O–H groups in total. The molecule has 3 aliphatic rings. The number of aliphatic hydroxyl groups excluding tert-OH is 10. The average Bonchev–Trinajstić information content (AvgIpc) is 2.86. The van der Waals surface area contributed by atoms with Gasteiger partial charge < -0.3 is 80.1 Å². The van der Waals surface area contributed by atoms with Crippen molar-refractivity contribution in [2.75, 3.05) is 19.8 Å². The van der Waals surface area contributed by atoms with Crippen LogP contribution in [0.1, 0.15) is 6.92 Å². The topological polar surface area (TPSA) is 278 Å². The fourth-order valence-corrected chi connectivity index (χ4v) is 4.46. The summed E-state index contributed by atoms with van der Waals surface area (Å²) in [6.07, 6.45) is -23.4. The number of hydrogen-bond acceptors (Lipinski definition) is 16. The van der Waals surface area contributed by atoms with E-state index in [1.807, 2.05) is 0 Å². The lowest BCUT2D eigenvalue weighted by Gasteiger charge is -2.48. The molecule has 0 aliphatic carbocycles. The van der Waals surface area contributed by atoms with E-state index in [0.29, 0.717) is 0 Å². The molecule has 15 atom stereocenters. The lowest BCUT2D eigenvalue weighted by Crippen LogP contribution is -2.68. The van der Waals surface area contributed by atoms with Gasteiger partial charge in [0.1, 0.15) is 73.2 Å². The molecular formula is C20H35NO16. The molecule has 3 fully saturated rings. The van der Waals surface area contributed by atoms with Crippen LogP contribution in [0.25, 0.3) is 0 Å². The summed E-state index contributed by atoms with van der Waals surface area (Å²) in [5, 5.41) is 103. The molecule has 0 radical (unpaired) electrons. The first-order valence-electron chi connectivity index (χ1n) is 11.6. The molecule has 0 aromatic rings. The van der Waals surface area contributed by atoms with Crippen LogP contribution in [0.5, 0.6) is 0 Å². The summed E-state index contributed by atoms with van der Waals surface area (Å²) in [5.74, 6) is -0.627. The fourth-order valence-electron chi connectivity index (χ4n) is 4.46. The summed E-state index contributed by atoms with van der Waals surface area (Å²) in [7, 11) is 0. The van der Waals surface area contributed by atoms with Gasteiger partial charge in [-0.05, 0) is 0 Å². The summed E-state index contributed by atoms with van der Waals surface area (Å²) >= 11 is 0. The third kappa shape index (κ3) is 6.38. The van der Waals surface area contributed by atoms with Crippen molar-refractivity contribution >= 4 is 5.91 Å². The zero-order valence-electron chi connectivity index (χ0n) is 19.7. The Hall–Kier alpha value is -1.13. The van der Waals surface area contributed by atoms with Gasteiger partial charge >= 0.3 is 0 Å². The summed E-state index contributed by atoms with van der Waals surface area (Å²) in [6, 6.07) is -1.40. The van der Waals surface area contributed by atoms with Crippen molar-refractivity contribution in [2.24, 2.45) is 0 Å². The van der Waals surface area contributed by atoms with E-state index >= 15 is 0 Å². The second kappa shape index (κ2) is 12.8. The number of carbonyl (C=O) groups is 1. The number of rotatable bonds is 8. The second-order valence-electron chi connectivity index (χ2n) is 9.07. The lowest BCUT2D eigenvalue weighted by molar-refractivity contribution is -0.375. The van der Waals surface area contributed by atoms with Crippen LogP contribution in [-0.2, 0) is 28.5 Å². The number of aliphatic hydroxyl groups is 10. The van der Waals surface area contributed by atoms with Crippen LogP contribution in [0.2, 0.25) is 0 Å². The Kier molecular flexibility index (Phi) is 10.5. The van der Waals surface area contributed by atoms with Crippen LogP contribution in [0.4, 0.5) is 0 Å². The third-order valence-corrected chi connectivity index (χ3v) is 6.50. The average molecular weight is 545 g/mol. The van der Waals surface area contributed by atoms with Crippen molar-refractivity contribution in [2.45, 2.75) is 99.0 Å². The highest BCUT2D eigenvalue weighted by atomic mass is 16.7. The Labute approximate surface area is 210 Å². The molecule has 17 heteroatoms. The van der Waals surface area contributed by atoms with Crippen molar-refractivity contribution in [1.29, 1.82) is 0 Å². The molecule has 0 unspecified atom stereocenters.